The number of amides is 2. The highest BCUT2D eigenvalue weighted by Gasteiger charge is 2.25. The molecule has 162 valence electrons. The molecule has 5 rings (SSSR count). The van der Waals surface area contributed by atoms with Gasteiger partial charge in [-0.05, 0) is 49.7 Å². The Morgan fingerprint density at radius 1 is 0.875 bits per heavy atom. The first-order chi connectivity index (χ1) is 15.7. The zero-order valence-corrected chi connectivity index (χ0v) is 18.1. The Morgan fingerprint density at radius 2 is 1.62 bits per heavy atom. The molecule has 1 saturated heterocycles. The first kappa shape index (κ1) is 20.1. The second kappa shape index (κ2) is 8.75. The highest BCUT2D eigenvalue weighted by Crippen LogP contribution is 2.37. The Bertz CT molecular complexity index is 1160. The van der Waals surface area contributed by atoms with Crippen LogP contribution in [0.4, 0.5) is 16.2 Å². The molecule has 2 aliphatic heterocycles. The zero-order chi connectivity index (χ0) is 21.9. The van der Waals surface area contributed by atoms with Crippen molar-refractivity contribution in [3.05, 3.63) is 83.9 Å². The molecule has 32 heavy (non-hydrogen) atoms. The van der Waals surface area contributed by atoms with Crippen LogP contribution < -0.4 is 10.1 Å². The van der Waals surface area contributed by atoms with Gasteiger partial charge < -0.3 is 19.9 Å². The number of nitrogens with one attached hydrogen (secondary N) is 1. The maximum atomic E-state index is 12.9. The van der Waals surface area contributed by atoms with E-state index in [1.807, 2.05) is 84.6 Å². The summed E-state index contributed by atoms with van der Waals surface area (Å²) in [4.78, 5) is 22.0. The number of ether oxygens (including phenoxy) is 1. The number of nitrogens with zero attached hydrogens (tertiary/aromatic N) is 3. The maximum absolute atomic E-state index is 12.9. The fourth-order valence-corrected chi connectivity index (χ4v) is 4.08. The minimum absolute atomic E-state index is 0.0624. The summed E-state index contributed by atoms with van der Waals surface area (Å²) in [5.41, 5.74) is 3.78. The van der Waals surface area contributed by atoms with E-state index in [1.165, 1.54) is 5.56 Å². The molecule has 1 fully saturated rings. The van der Waals surface area contributed by atoms with Gasteiger partial charge in [-0.15, -0.1) is 0 Å². The molecule has 0 atom stereocenters. The molecular weight excluding hydrogens is 400 g/mol. The molecular formula is C26H26N4O2. The van der Waals surface area contributed by atoms with Gasteiger partial charge >= 0.3 is 6.03 Å². The Morgan fingerprint density at radius 3 is 2.47 bits per heavy atom. The van der Waals surface area contributed by atoms with Crippen molar-refractivity contribution in [1.29, 1.82) is 0 Å². The molecule has 2 aliphatic rings. The van der Waals surface area contributed by atoms with Crippen LogP contribution in [0.5, 0.6) is 11.5 Å². The van der Waals surface area contributed by atoms with E-state index in [-0.39, 0.29) is 6.03 Å². The summed E-state index contributed by atoms with van der Waals surface area (Å²) in [6, 6.07) is 23.7. The van der Waals surface area contributed by atoms with Crippen molar-refractivity contribution < 1.29 is 9.53 Å². The molecule has 0 radical (unpaired) electrons. The molecule has 3 aromatic carbocycles. The number of carbonyl (C=O) groups is 1. The van der Waals surface area contributed by atoms with E-state index in [1.54, 1.807) is 0 Å². The van der Waals surface area contributed by atoms with Crippen LogP contribution in [0.15, 0.2) is 77.8 Å². The molecule has 2 heterocycles. The predicted octanol–water partition coefficient (Wildman–Crippen LogP) is 5.42. The van der Waals surface area contributed by atoms with Gasteiger partial charge in [0.2, 0.25) is 0 Å². The summed E-state index contributed by atoms with van der Waals surface area (Å²) < 4.78 is 6.17. The zero-order valence-electron chi connectivity index (χ0n) is 18.1. The number of fused-ring (bicyclic) bond motifs is 2. The number of hydrogen-bond acceptors (Lipinski definition) is 4. The van der Waals surface area contributed by atoms with E-state index >= 15 is 0 Å². The third-order valence-electron chi connectivity index (χ3n) is 5.82. The van der Waals surface area contributed by atoms with Gasteiger partial charge in [0.25, 0.3) is 0 Å². The van der Waals surface area contributed by atoms with Gasteiger partial charge in [-0.25, -0.2) is 9.79 Å². The fourth-order valence-electron chi connectivity index (χ4n) is 4.08. The van der Waals surface area contributed by atoms with E-state index in [0.29, 0.717) is 19.6 Å². The van der Waals surface area contributed by atoms with Crippen LogP contribution >= 0.6 is 0 Å². The van der Waals surface area contributed by atoms with Crippen molar-refractivity contribution in [3.8, 4) is 11.5 Å². The largest absolute Gasteiger partial charge is 0.454 e. The lowest BCUT2D eigenvalue weighted by atomic mass is 10.1. The standard InChI is InChI=1S/C26H26N4O2/c1-19-11-13-20(14-12-19)27-26(31)30-16-6-15-29(17-18-30)25-21-7-2-4-9-23(21)32-24-10-5-3-8-22(24)28-25/h2-5,7-14H,6,15-18H2,1H3,(H,27,31). The van der Waals surface area contributed by atoms with Gasteiger partial charge in [-0.1, -0.05) is 42.0 Å². The first-order valence-corrected chi connectivity index (χ1v) is 11.0. The van der Waals surface area contributed by atoms with Crippen molar-refractivity contribution in [2.75, 3.05) is 31.5 Å². The average molecular weight is 427 g/mol. The highest BCUT2D eigenvalue weighted by atomic mass is 16.5. The Kier molecular flexibility index (Phi) is 5.50. The number of carbonyl (C=O) groups excluding carboxylic acids is 1. The molecule has 3 aromatic rings. The van der Waals surface area contributed by atoms with Gasteiger partial charge in [0, 0.05) is 31.9 Å². The lowest BCUT2D eigenvalue weighted by Gasteiger charge is -2.25. The predicted molar refractivity (Wildman–Crippen MR) is 127 cm³/mol. The normalized spacial score (nSPS) is 15.5. The Balaban J connectivity index is 1.36. The lowest BCUT2D eigenvalue weighted by Crippen LogP contribution is -2.39. The number of para-hydroxylation sites is 3. The molecule has 6 heteroatoms. The second-order valence-corrected chi connectivity index (χ2v) is 8.13. The summed E-state index contributed by atoms with van der Waals surface area (Å²) >= 11 is 0. The fraction of sp³-hybridized carbons (Fsp3) is 0.231. The summed E-state index contributed by atoms with van der Waals surface area (Å²) in [5.74, 6) is 2.45. The van der Waals surface area contributed by atoms with E-state index in [4.69, 9.17) is 9.73 Å². The number of benzene rings is 3. The van der Waals surface area contributed by atoms with Crippen LogP contribution in [0.3, 0.4) is 0 Å². The molecule has 6 nitrogen and oxygen atoms in total. The van der Waals surface area contributed by atoms with Crippen molar-refractivity contribution in [2.24, 2.45) is 4.99 Å². The van der Waals surface area contributed by atoms with Crippen molar-refractivity contribution in [3.63, 3.8) is 0 Å². The van der Waals surface area contributed by atoms with Crippen molar-refractivity contribution >= 4 is 23.2 Å². The number of rotatable bonds is 1. The molecule has 0 saturated carbocycles. The SMILES string of the molecule is Cc1ccc(NC(=O)N2CCCN(C3=Nc4ccccc4Oc4ccccc43)CC2)cc1. The van der Waals surface area contributed by atoms with Gasteiger partial charge in [0.1, 0.15) is 17.3 Å². The number of urea groups is 1. The summed E-state index contributed by atoms with van der Waals surface area (Å²) in [5, 5.41) is 3.02. The van der Waals surface area contributed by atoms with E-state index in [9.17, 15) is 4.79 Å². The summed E-state index contributed by atoms with van der Waals surface area (Å²) in [6.45, 7) is 4.89. The maximum Gasteiger partial charge on any atom is 0.321 e. The molecule has 0 bridgehead atoms. The number of aliphatic imine (C=N–C) groups is 1. The van der Waals surface area contributed by atoms with Gasteiger partial charge in [-0.3, -0.25) is 0 Å². The van der Waals surface area contributed by atoms with Crippen LogP contribution in [0.1, 0.15) is 17.5 Å². The van der Waals surface area contributed by atoms with Crippen LogP contribution in [-0.4, -0.2) is 47.8 Å². The Hall–Kier alpha value is -3.80. The van der Waals surface area contributed by atoms with Crippen LogP contribution in [0, 0.1) is 6.92 Å². The topological polar surface area (TPSA) is 57.2 Å². The van der Waals surface area contributed by atoms with Crippen LogP contribution in [0.25, 0.3) is 0 Å². The molecule has 0 unspecified atom stereocenters. The van der Waals surface area contributed by atoms with Crippen molar-refractivity contribution in [2.45, 2.75) is 13.3 Å². The minimum Gasteiger partial charge on any atom is -0.454 e. The van der Waals surface area contributed by atoms with Crippen LogP contribution in [-0.2, 0) is 0 Å². The van der Waals surface area contributed by atoms with E-state index in [2.05, 4.69) is 10.2 Å². The Labute approximate surface area is 188 Å². The molecule has 0 spiro atoms. The van der Waals surface area contributed by atoms with Gasteiger partial charge in [-0.2, -0.15) is 0 Å². The van der Waals surface area contributed by atoms with Crippen molar-refractivity contribution in [1.82, 2.24) is 9.80 Å². The molecule has 2 amide bonds. The molecule has 0 aliphatic carbocycles. The first-order valence-electron chi connectivity index (χ1n) is 11.0. The molecule has 1 N–H and O–H groups in total. The van der Waals surface area contributed by atoms with E-state index in [0.717, 1.165) is 47.2 Å². The van der Waals surface area contributed by atoms with Gasteiger partial charge in [0.15, 0.2) is 5.75 Å². The third kappa shape index (κ3) is 4.17. The monoisotopic (exact) mass is 426 g/mol. The molecule has 0 aromatic heterocycles. The average Bonchev–Trinajstić information content (AvgIpc) is 3.15. The van der Waals surface area contributed by atoms with E-state index < -0.39 is 0 Å². The number of aryl methyl sites for hydroxylation is 1. The second-order valence-electron chi connectivity index (χ2n) is 8.13. The number of hydrogen-bond donors (Lipinski definition) is 1. The summed E-state index contributed by atoms with van der Waals surface area (Å²) in [7, 11) is 0. The quantitative estimate of drug-likeness (QED) is 0.565. The van der Waals surface area contributed by atoms with Crippen LogP contribution in [0.2, 0.25) is 0 Å². The smallest absolute Gasteiger partial charge is 0.321 e. The number of amidine groups is 1. The lowest BCUT2D eigenvalue weighted by molar-refractivity contribution is 0.214. The minimum atomic E-state index is -0.0624. The summed E-state index contributed by atoms with van der Waals surface area (Å²) in [6.07, 6.45) is 0.866. The van der Waals surface area contributed by atoms with Gasteiger partial charge in [0.05, 0.1) is 5.56 Å². The third-order valence-corrected chi connectivity index (χ3v) is 5.82. The highest BCUT2D eigenvalue weighted by molar-refractivity contribution is 6.03. The number of anilines is 1.